The Morgan fingerprint density at radius 3 is 2.34 bits per heavy atom. The Hall–Kier alpha value is -1.94. The average Bonchev–Trinajstić information content (AvgIpc) is 2.80. The van der Waals surface area contributed by atoms with Gasteiger partial charge in [0.1, 0.15) is 11.1 Å². The smallest absolute Gasteiger partial charge is 0.326 e. The third-order valence-corrected chi connectivity index (χ3v) is 5.85. The number of nitrogens with one attached hydrogen (secondary N) is 2. The molecule has 1 heterocycles. The van der Waals surface area contributed by atoms with Crippen molar-refractivity contribution in [2.24, 2.45) is 0 Å². The molecule has 198 valence electrons. The van der Waals surface area contributed by atoms with Crippen LogP contribution in [0.25, 0.3) is 0 Å². The van der Waals surface area contributed by atoms with Crippen LogP contribution >= 0.6 is 48.0 Å². The van der Waals surface area contributed by atoms with Crippen LogP contribution in [0, 0.1) is 0 Å². The molecule has 1 aliphatic heterocycles. The monoisotopic (exact) mass is 571 g/mol. The zero-order valence-corrected chi connectivity index (χ0v) is 22.5. The van der Waals surface area contributed by atoms with E-state index in [0.717, 1.165) is 18.2 Å². The molecule has 1 amide bonds. The Morgan fingerprint density at radius 1 is 1.20 bits per heavy atom. The summed E-state index contributed by atoms with van der Waals surface area (Å²) < 4.78 is 0. The molecule has 0 aliphatic carbocycles. The van der Waals surface area contributed by atoms with Gasteiger partial charge in [-0.2, -0.15) is 0 Å². The molecule has 1 saturated heterocycles. The molecule has 5 N–H and O–H groups in total. The molecule has 2 aromatic rings. The quantitative estimate of drug-likeness (QED) is 0.351. The summed E-state index contributed by atoms with van der Waals surface area (Å²) in [6.07, 6.45) is 0.0578. The number of aromatic hydroxyl groups is 2. The number of carboxylic acid groups (broad SMARTS) is 1. The number of amides is 1. The molecule has 12 heteroatoms. The standard InChI is InChI=1S/C16H13Cl2NO5.C7H16N2.2ClH.H2/c17-10-7-9(13(20)12(18)14(10)21)15(22)19-11(16(23)24)6-8-4-2-1-3-5-8;1-3-9-5-4-8-7(2)6-9;;;/h1-5,7,11,20-21H,6H2,(H,19,22)(H,23,24);7-8H,3-6H2,1-2H3;3*1H/t11-;;;;/m0..../s1. The van der Waals surface area contributed by atoms with Gasteiger partial charge in [-0.05, 0) is 25.1 Å². The summed E-state index contributed by atoms with van der Waals surface area (Å²) in [4.78, 5) is 26.1. The molecule has 0 bridgehead atoms. The predicted molar refractivity (Wildman–Crippen MR) is 145 cm³/mol. The molecule has 0 spiro atoms. The Labute approximate surface area is 228 Å². The predicted octanol–water partition coefficient (Wildman–Crippen LogP) is 4.22. The second kappa shape index (κ2) is 15.9. The minimum absolute atomic E-state index is 0. The van der Waals surface area contributed by atoms with Crippen LogP contribution in [-0.4, -0.2) is 70.4 Å². The Balaban J connectivity index is 0. The van der Waals surface area contributed by atoms with Crippen molar-refractivity contribution in [3.8, 4) is 11.5 Å². The summed E-state index contributed by atoms with van der Waals surface area (Å²) in [5, 5.41) is 33.6. The topological polar surface area (TPSA) is 122 Å². The number of hydrogen-bond acceptors (Lipinski definition) is 6. The van der Waals surface area contributed by atoms with Gasteiger partial charge in [0.25, 0.3) is 5.91 Å². The van der Waals surface area contributed by atoms with Crippen LogP contribution in [0.4, 0.5) is 0 Å². The first kappa shape index (κ1) is 33.1. The van der Waals surface area contributed by atoms with Crippen molar-refractivity contribution in [3.63, 3.8) is 0 Å². The van der Waals surface area contributed by atoms with E-state index < -0.39 is 34.4 Å². The van der Waals surface area contributed by atoms with Gasteiger partial charge in [0.05, 0.1) is 10.6 Å². The Kier molecular flexibility index (Phi) is 15.0. The molecule has 2 aromatic carbocycles. The van der Waals surface area contributed by atoms with Crippen molar-refractivity contribution >= 4 is 59.9 Å². The molecule has 0 aromatic heterocycles. The molecule has 8 nitrogen and oxygen atoms in total. The van der Waals surface area contributed by atoms with Gasteiger partial charge in [-0.1, -0.05) is 60.5 Å². The molecule has 1 unspecified atom stereocenters. The van der Waals surface area contributed by atoms with Crippen molar-refractivity contribution in [1.82, 2.24) is 15.5 Å². The third kappa shape index (κ3) is 9.91. The second-order valence-electron chi connectivity index (χ2n) is 7.72. The third-order valence-electron chi connectivity index (χ3n) is 5.20. The summed E-state index contributed by atoms with van der Waals surface area (Å²) >= 11 is 11.4. The first-order valence-electron chi connectivity index (χ1n) is 10.6. The van der Waals surface area contributed by atoms with E-state index in [1.165, 1.54) is 19.6 Å². The number of rotatable bonds is 6. The van der Waals surface area contributed by atoms with E-state index in [1.807, 2.05) is 0 Å². The van der Waals surface area contributed by atoms with Crippen LogP contribution in [-0.2, 0) is 11.2 Å². The van der Waals surface area contributed by atoms with Crippen molar-refractivity contribution in [2.75, 3.05) is 26.2 Å². The number of benzene rings is 2. The van der Waals surface area contributed by atoms with Crippen LogP contribution in [0.2, 0.25) is 10.0 Å². The van der Waals surface area contributed by atoms with Crippen molar-refractivity contribution in [3.05, 3.63) is 57.6 Å². The summed E-state index contributed by atoms with van der Waals surface area (Å²) in [7, 11) is 0. The molecule has 0 saturated carbocycles. The maximum Gasteiger partial charge on any atom is 0.326 e. The molecule has 1 aliphatic rings. The highest BCUT2D eigenvalue weighted by atomic mass is 35.5. The van der Waals surface area contributed by atoms with Gasteiger partial charge < -0.3 is 30.9 Å². The first-order chi connectivity index (χ1) is 15.6. The fourth-order valence-corrected chi connectivity index (χ4v) is 3.81. The lowest BCUT2D eigenvalue weighted by Gasteiger charge is -2.30. The van der Waals surface area contributed by atoms with E-state index in [1.54, 1.807) is 30.3 Å². The number of carboxylic acids is 1. The van der Waals surface area contributed by atoms with E-state index >= 15 is 0 Å². The second-order valence-corrected chi connectivity index (χ2v) is 8.50. The summed E-state index contributed by atoms with van der Waals surface area (Å²) in [6.45, 7) is 9.26. The van der Waals surface area contributed by atoms with Crippen LogP contribution in [0.1, 0.15) is 31.2 Å². The van der Waals surface area contributed by atoms with Gasteiger partial charge in [-0.25, -0.2) is 4.79 Å². The number of carbonyl (C=O) groups excluding carboxylic acids is 1. The van der Waals surface area contributed by atoms with E-state index in [-0.39, 0.29) is 43.2 Å². The highest BCUT2D eigenvalue weighted by Crippen LogP contribution is 2.40. The van der Waals surface area contributed by atoms with Crippen molar-refractivity contribution in [1.29, 1.82) is 0 Å². The lowest BCUT2D eigenvalue weighted by atomic mass is 10.1. The van der Waals surface area contributed by atoms with Crippen molar-refractivity contribution in [2.45, 2.75) is 32.4 Å². The van der Waals surface area contributed by atoms with Crippen molar-refractivity contribution < 1.29 is 26.3 Å². The number of carbonyl (C=O) groups is 2. The molecule has 1 fully saturated rings. The molecule has 3 rings (SSSR count). The summed E-state index contributed by atoms with van der Waals surface area (Å²) in [6, 6.07) is 9.24. The molecule has 0 radical (unpaired) electrons. The zero-order valence-electron chi connectivity index (χ0n) is 19.3. The largest absolute Gasteiger partial charge is 0.505 e. The van der Waals surface area contributed by atoms with Crippen LogP contribution in [0.15, 0.2) is 36.4 Å². The van der Waals surface area contributed by atoms with Crippen LogP contribution in [0.5, 0.6) is 11.5 Å². The molecule has 35 heavy (non-hydrogen) atoms. The fraction of sp³-hybridized carbons (Fsp3) is 0.391. The average molecular weight is 573 g/mol. The van der Waals surface area contributed by atoms with Gasteiger partial charge in [0.15, 0.2) is 11.5 Å². The zero-order chi connectivity index (χ0) is 24.5. The lowest BCUT2D eigenvalue weighted by Crippen LogP contribution is -2.48. The maximum absolute atomic E-state index is 12.3. The summed E-state index contributed by atoms with van der Waals surface area (Å²) in [5.41, 5.74) is 0.387. The van der Waals surface area contributed by atoms with Gasteiger partial charge in [-0.3, -0.25) is 4.79 Å². The molecular formula is C23H33Cl4N3O5. The number of piperazine rings is 1. The van der Waals surface area contributed by atoms with Gasteiger partial charge in [0, 0.05) is 33.5 Å². The Morgan fingerprint density at radius 2 is 1.83 bits per heavy atom. The SMILES string of the molecule is CCN1CCNC(C)C1.Cl.Cl.O=C(N[C@@H](Cc1ccccc1)C(=O)O)c1cc(Cl)c(O)c(Cl)c1O.[HH]. The lowest BCUT2D eigenvalue weighted by molar-refractivity contribution is -0.139. The minimum atomic E-state index is -1.23. The van der Waals surface area contributed by atoms with E-state index in [9.17, 15) is 24.9 Å². The van der Waals surface area contributed by atoms with Crippen LogP contribution < -0.4 is 10.6 Å². The van der Waals surface area contributed by atoms with Gasteiger partial charge >= 0.3 is 5.97 Å². The number of phenols is 2. The number of halogens is 4. The number of phenolic OH excluding ortho intramolecular Hbond substituents is 2. The number of likely N-dealkylation sites (N-methyl/N-ethyl adjacent to an activating group) is 1. The highest BCUT2D eigenvalue weighted by molar-refractivity contribution is 6.38. The number of hydrogen-bond donors (Lipinski definition) is 5. The van der Waals surface area contributed by atoms with Crippen LogP contribution in [0.3, 0.4) is 0 Å². The van der Waals surface area contributed by atoms with E-state index in [0.29, 0.717) is 6.04 Å². The van der Waals surface area contributed by atoms with E-state index in [4.69, 9.17) is 23.2 Å². The number of aliphatic carboxylic acids is 1. The fourth-order valence-electron chi connectivity index (χ4n) is 3.36. The maximum atomic E-state index is 12.3. The molecular weight excluding hydrogens is 540 g/mol. The van der Waals surface area contributed by atoms with E-state index in [2.05, 4.69) is 29.4 Å². The van der Waals surface area contributed by atoms with Gasteiger partial charge in [-0.15, -0.1) is 24.8 Å². The minimum Gasteiger partial charge on any atom is -0.505 e. The Bertz CT molecular complexity index is 973. The normalized spacial score (nSPS) is 15.9. The van der Waals surface area contributed by atoms with Gasteiger partial charge in [0.2, 0.25) is 0 Å². The first-order valence-corrected chi connectivity index (χ1v) is 11.3. The highest BCUT2D eigenvalue weighted by Gasteiger charge is 2.25. The number of nitrogens with zero attached hydrogens (tertiary/aromatic N) is 1. The molecule has 2 atom stereocenters. The summed E-state index contributed by atoms with van der Waals surface area (Å²) in [5.74, 6) is -3.35.